The first-order chi connectivity index (χ1) is 4.57. The van der Waals surface area contributed by atoms with E-state index in [0.717, 1.165) is 0 Å². The predicted molar refractivity (Wildman–Crippen MR) is 37.5 cm³/mol. The van der Waals surface area contributed by atoms with E-state index in [9.17, 15) is 9.59 Å². The first kappa shape index (κ1) is 8.94. The molecule has 0 aromatic carbocycles. The zero-order chi connectivity index (χ0) is 8.15. The van der Waals surface area contributed by atoms with Crippen LogP contribution in [-0.4, -0.2) is 30.9 Å². The normalized spacial score (nSPS) is 8.70. The minimum atomic E-state index is -0.369. The lowest BCUT2D eigenvalue weighted by Gasteiger charge is -2.09. The Bertz CT molecular complexity index is 143. The molecule has 4 heteroatoms. The summed E-state index contributed by atoms with van der Waals surface area (Å²) in [5, 5.41) is 2.18. The van der Waals surface area contributed by atoms with Crippen LogP contribution in [0.5, 0.6) is 0 Å². The van der Waals surface area contributed by atoms with Crippen molar-refractivity contribution in [2.24, 2.45) is 0 Å². The van der Waals surface area contributed by atoms with Crippen molar-refractivity contribution in [2.75, 3.05) is 14.1 Å². The molecule has 0 spiro atoms. The number of nitrogens with zero attached hydrogens (tertiary/aromatic N) is 1. The molecular formula is C6H12N2O2. The summed E-state index contributed by atoms with van der Waals surface area (Å²) in [4.78, 5) is 22.6. The number of carbonyl (C=O) groups is 2. The summed E-state index contributed by atoms with van der Waals surface area (Å²) in [6.45, 7) is 1.69. The van der Waals surface area contributed by atoms with Crippen molar-refractivity contribution in [3.63, 3.8) is 0 Å². The predicted octanol–water partition coefficient (Wildman–Crippen LogP) is 0.194. The number of hydrogen-bond donors (Lipinski definition) is 1. The van der Waals surface area contributed by atoms with E-state index in [4.69, 9.17) is 0 Å². The van der Waals surface area contributed by atoms with Crippen molar-refractivity contribution in [1.82, 2.24) is 10.2 Å². The van der Waals surface area contributed by atoms with Gasteiger partial charge in [0.15, 0.2) is 0 Å². The minimum Gasteiger partial charge on any atom is -0.331 e. The van der Waals surface area contributed by atoms with Crippen molar-refractivity contribution >= 4 is 11.9 Å². The Kier molecular flexibility index (Phi) is 3.46. The summed E-state index contributed by atoms with van der Waals surface area (Å²) in [6.07, 6.45) is 0.333. The van der Waals surface area contributed by atoms with E-state index < -0.39 is 0 Å². The number of urea groups is 1. The highest BCUT2D eigenvalue weighted by molar-refractivity contribution is 5.93. The molecule has 4 nitrogen and oxygen atoms in total. The minimum absolute atomic E-state index is 0.251. The first-order valence-electron chi connectivity index (χ1n) is 3.09. The average molecular weight is 144 g/mol. The molecule has 0 aliphatic heterocycles. The van der Waals surface area contributed by atoms with Crippen LogP contribution in [0.2, 0.25) is 0 Å². The van der Waals surface area contributed by atoms with Crippen molar-refractivity contribution in [3.05, 3.63) is 0 Å². The summed E-state index contributed by atoms with van der Waals surface area (Å²) in [7, 11) is 3.16. The van der Waals surface area contributed by atoms with E-state index in [-0.39, 0.29) is 11.9 Å². The van der Waals surface area contributed by atoms with Crippen LogP contribution in [0.25, 0.3) is 0 Å². The summed E-state index contributed by atoms with van der Waals surface area (Å²) in [6, 6.07) is -0.369. The molecule has 0 aliphatic carbocycles. The molecule has 0 saturated carbocycles. The van der Waals surface area contributed by atoms with Gasteiger partial charge in [0.05, 0.1) is 0 Å². The van der Waals surface area contributed by atoms with Gasteiger partial charge in [0.25, 0.3) is 0 Å². The molecule has 0 rings (SSSR count). The van der Waals surface area contributed by atoms with E-state index in [0.29, 0.717) is 6.42 Å². The standard InChI is InChI=1S/C6H12N2O2/c1-4-5(9)7-6(10)8(2)3/h4H2,1-3H3,(H,7,9,10). The van der Waals surface area contributed by atoms with Crippen LogP contribution in [-0.2, 0) is 4.79 Å². The number of amides is 3. The summed E-state index contributed by atoms with van der Waals surface area (Å²) >= 11 is 0. The Morgan fingerprint density at radius 3 is 2.20 bits per heavy atom. The van der Waals surface area contributed by atoms with Crippen LogP contribution in [0.15, 0.2) is 0 Å². The van der Waals surface area contributed by atoms with Crippen LogP contribution >= 0.6 is 0 Å². The molecule has 0 atom stereocenters. The second kappa shape index (κ2) is 3.87. The van der Waals surface area contributed by atoms with Crippen LogP contribution in [0, 0.1) is 0 Å². The van der Waals surface area contributed by atoms with Crippen LogP contribution in [0.1, 0.15) is 13.3 Å². The Labute approximate surface area is 60.2 Å². The number of hydrogen-bond acceptors (Lipinski definition) is 2. The van der Waals surface area contributed by atoms with E-state index in [1.54, 1.807) is 21.0 Å². The Morgan fingerprint density at radius 1 is 1.40 bits per heavy atom. The number of imide groups is 1. The van der Waals surface area contributed by atoms with Gasteiger partial charge in [0.1, 0.15) is 0 Å². The van der Waals surface area contributed by atoms with Gasteiger partial charge >= 0.3 is 6.03 Å². The molecule has 0 aromatic rings. The third-order valence-electron chi connectivity index (χ3n) is 0.974. The van der Waals surface area contributed by atoms with Gasteiger partial charge in [-0.1, -0.05) is 6.92 Å². The second-order valence-corrected chi connectivity index (χ2v) is 2.10. The third-order valence-corrected chi connectivity index (χ3v) is 0.974. The molecular weight excluding hydrogens is 132 g/mol. The number of rotatable bonds is 1. The van der Waals surface area contributed by atoms with E-state index in [1.807, 2.05) is 0 Å². The molecule has 0 heterocycles. The van der Waals surface area contributed by atoms with Crippen LogP contribution in [0.4, 0.5) is 4.79 Å². The van der Waals surface area contributed by atoms with E-state index in [1.165, 1.54) is 4.90 Å². The largest absolute Gasteiger partial charge is 0.331 e. The zero-order valence-electron chi connectivity index (χ0n) is 6.47. The fourth-order valence-electron chi connectivity index (χ4n) is 0.319. The first-order valence-corrected chi connectivity index (χ1v) is 3.09. The van der Waals surface area contributed by atoms with Gasteiger partial charge in [-0.3, -0.25) is 10.1 Å². The monoisotopic (exact) mass is 144 g/mol. The molecule has 0 unspecified atom stereocenters. The molecule has 1 N–H and O–H groups in total. The van der Waals surface area contributed by atoms with Crippen molar-refractivity contribution in [2.45, 2.75) is 13.3 Å². The quantitative estimate of drug-likeness (QED) is 0.571. The maximum atomic E-state index is 10.7. The van der Waals surface area contributed by atoms with Gasteiger partial charge in [-0.05, 0) is 0 Å². The maximum Gasteiger partial charge on any atom is 0.323 e. The Morgan fingerprint density at radius 2 is 1.90 bits per heavy atom. The lowest BCUT2D eigenvalue weighted by Crippen LogP contribution is -2.38. The molecule has 0 saturated heterocycles. The van der Waals surface area contributed by atoms with Crippen LogP contribution < -0.4 is 5.32 Å². The van der Waals surface area contributed by atoms with Gasteiger partial charge in [0.2, 0.25) is 5.91 Å². The lowest BCUT2D eigenvalue weighted by molar-refractivity contribution is -0.119. The zero-order valence-corrected chi connectivity index (χ0v) is 6.47. The maximum absolute atomic E-state index is 10.7. The molecule has 0 aromatic heterocycles. The van der Waals surface area contributed by atoms with Gasteiger partial charge < -0.3 is 4.90 Å². The van der Waals surface area contributed by atoms with Crippen molar-refractivity contribution < 1.29 is 9.59 Å². The fourth-order valence-corrected chi connectivity index (χ4v) is 0.319. The Balaban J connectivity index is 3.69. The topological polar surface area (TPSA) is 49.4 Å². The SMILES string of the molecule is CCC(=O)NC(=O)N(C)C. The van der Waals surface area contributed by atoms with Gasteiger partial charge in [-0.2, -0.15) is 0 Å². The third kappa shape index (κ3) is 3.06. The van der Waals surface area contributed by atoms with Gasteiger partial charge in [-0.15, -0.1) is 0 Å². The molecule has 10 heavy (non-hydrogen) atoms. The van der Waals surface area contributed by atoms with Crippen molar-refractivity contribution in [3.8, 4) is 0 Å². The molecule has 0 fully saturated rings. The molecule has 58 valence electrons. The second-order valence-electron chi connectivity index (χ2n) is 2.10. The highest BCUT2D eigenvalue weighted by Gasteiger charge is 2.05. The van der Waals surface area contributed by atoms with E-state index in [2.05, 4.69) is 5.32 Å². The smallest absolute Gasteiger partial charge is 0.323 e. The molecule has 0 radical (unpaired) electrons. The Hall–Kier alpha value is -1.06. The highest BCUT2D eigenvalue weighted by atomic mass is 16.2. The summed E-state index contributed by atoms with van der Waals surface area (Å²) < 4.78 is 0. The average Bonchev–Trinajstić information content (AvgIpc) is 1.87. The number of nitrogens with one attached hydrogen (secondary N) is 1. The van der Waals surface area contributed by atoms with E-state index >= 15 is 0 Å². The fraction of sp³-hybridized carbons (Fsp3) is 0.667. The lowest BCUT2D eigenvalue weighted by atomic mass is 10.5. The summed E-state index contributed by atoms with van der Waals surface area (Å²) in [5.41, 5.74) is 0. The highest BCUT2D eigenvalue weighted by Crippen LogP contribution is 1.79. The van der Waals surface area contributed by atoms with Gasteiger partial charge in [-0.25, -0.2) is 4.79 Å². The molecule has 0 aliphatic rings. The molecule has 0 bridgehead atoms. The summed E-state index contributed by atoms with van der Waals surface area (Å²) in [5.74, 6) is -0.251. The molecule has 3 amide bonds. The van der Waals surface area contributed by atoms with Crippen molar-refractivity contribution in [1.29, 1.82) is 0 Å². The van der Waals surface area contributed by atoms with Gasteiger partial charge in [0, 0.05) is 20.5 Å². The number of carbonyl (C=O) groups excluding carboxylic acids is 2. The van der Waals surface area contributed by atoms with Crippen LogP contribution in [0.3, 0.4) is 0 Å².